The Bertz CT molecular complexity index is 1130. The molecular weight excluding hydrogens is 432 g/mol. The lowest BCUT2D eigenvalue weighted by atomic mass is 10.2. The van der Waals surface area contributed by atoms with Crippen LogP contribution in [-0.4, -0.2) is 34.1 Å². The van der Waals surface area contributed by atoms with Crippen LogP contribution in [0.5, 0.6) is 5.75 Å². The van der Waals surface area contributed by atoms with Gasteiger partial charge in [0, 0.05) is 11.1 Å². The number of nitro benzene ring substituents is 1. The maximum Gasteiger partial charge on any atom is 0.345 e. The molecule has 0 spiro atoms. The van der Waals surface area contributed by atoms with Crippen LogP contribution in [0, 0.1) is 10.1 Å². The number of benzene rings is 2. The number of ether oxygens (including phenoxy) is 2. The summed E-state index contributed by atoms with van der Waals surface area (Å²) in [6.45, 7) is -0.441. The fourth-order valence-corrected chi connectivity index (χ4v) is 2.71. The standard InChI is InChI=1S/C19H15ClN4O7/c1-29-15-5-3-2-4-13(15)21-17(25)9-16-22-18(31-23-16)10-30-19(26)12-8-11(20)6-7-14(12)24(27)28/h2-8H,9-10H2,1H3,(H,21,25). The quantitative estimate of drug-likeness (QED) is 0.313. The van der Waals surface area contributed by atoms with Crippen molar-refractivity contribution < 1.29 is 28.5 Å². The number of nitrogens with one attached hydrogen (secondary N) is 1. The number of rotatable bonds is 8. The van der Waals surface area contributed by atoms with Crippen molar-refractivity contribution in [1.29, 1.82) is 0 Å². The van der Waals surface area contributed by atoms with Gasteiger partial charge in [-0.15, -0.1) is 0 Å². The molecule has 0 fully saturated rings. The molecular formula is C19H15ClN4O7. The average molecular weight is 447 g/mol. The molecule has 1 heterocycles. The van der Waals surface area contributed by atoms with E-state index in [0.717, 1.165) is 12.1 Å². The highest BCUT2D eigenvalue weighted by atomic mass is 35.5. The predicted molar refractivity (Wildman–Crippen MR) is 107 cm³/mol. The third-order valence-corrected chi connectivity index (χ3v) is 4.15. The summed E-state index contributed by atoms with van der Waals surface area (Å²) in [5, 5.41) is 17.5. The van der Waals surface area contributed by atoms with Crippen LogP contribution in [0.15, 0.2) is 47.0 Å². The topological polar surface area (TPSA) is 147 Å². The van der Waals surface area contributed by atoms with Crippen LogP contribution in [0.4, 0.5) is 11.4 Å². The van der Waals surface area contributed by atoms with E-state index in [1.54, 1.807) is 24.3 Å². The second kappa shape index (κ2) is 9.67. The molecule has 0 saturated carbocycles. The first-order valence-corrected chi connectivity index (χ1v) is 9.10. The number of esters is 1. The Labute approximate surface area is 180 Å². The normalized spacial score (nSPS) is 10.4. The molecule has 0 aliphatic carbocycles. The molecule has 11 nitrogen and oxygen atoms in total. The average Bonchev–Trinajstić information content (AvgIpc) is 3.19. The molecule has 31 heavy (non-hydrogen) atoms. The van der Waals surface area contributed by atoms with Gasteiger partial charge in [0.1, 0.15) is 11.3 Å². The third-order valence-electron chi connectivity index (χ3n) is 3.91. The molecule has 1 N–H and O–H groups in total. The highest BCUT2D eigenvalue weighted by Gasteiger charge is 2.23. The van der Waals surface area contributed by atoms with Gasteiger partial charge in [-0.25, -0.2) is 4.79 Å². The Kier molecular flexibility index (Phi) is 6.78. The minimum Gasteiger partial charge on any atom is -0.495 e. The fraction of sp³-hybridized carbons (Fsp3) is 0.158. The molecule has 0 radical (unpaired) electrons. The van der Waals surface area contributed by atoms with Gasteiger partial charge in [-0.2, -0.15) is 4.98 Å². The zero-order valence-electron chi connectivity index (χ0n) is 16.0. The van der Waals surface area contributed by atoms with E-state index in [1.807, 2.05) is 0 Å². The Hall–Kier alpha value is -3.99. The van der Waals surface area contributed by atoms with Gasteiger partial charge < -0.3 is 19.3 Å². The first-order valence-electron chi connectivity index (χ1n) is 8.72. The third kappa shape index (κ3) is 5.54. The number of amides is 1. The lowest BCUT2D eigenvalue weighted by molar-refractivity contribution is -0.385. The van der Waals surface area contributed by atoms with Crippen molar-refractivity contribution in [1.82, 2.24) is 10.1 Å². The van der Waals surface area contributed by atoms with Gasteiger partial charge >= 0.3 is 5.97 Å². The van der Waals surface area contributed by atoms with E-state index in [1.165, 1.54) is 13.2 Å². The van der Waals surface area contributed by atoms with Crippen LogP contribution in [0.1, 0.15) is 22.1 Å². The zero-order chi connectivity index (χ0) is 22.4. The van der Waals surface area contributed by atoms with Gasteiger partial charge in [-0.05, 0) is 24.3 Å². The first-order chi connectivity index (χ1) is 14.9. The molecule has 0 unspecified atom stereocenters. The second-order valence-corrected chi connectivity index (χ2v) is 6.46. The van der Waals surface area contributed by atoms with Crippen LogP contribution < -0.4 is 10.1 Å². The van der Waals surface area contributed by atoms with E-state index in [-0.39, 0.29) is 28.7 Å². The Morgan fingerprint density at radius 1 is 1.26 bits per heavy atom. The maximum atomic E-state index is 12.2. The minimum absolute atomic E-state index is 0.0622. The number of nitrogens with zero attached hydrogens (tertiary/aromatic N) is 3. The molecule has 3 rings (SSSR count). The number of hydrogen-bond acceptors (Lipinski definition) is 9. The van der Waals surface area contributed by atoms with E-state index in [2.05, 4.69) is 15.5 Å². The highest BCUT2D eigenvalue weighted by molar-refractivity contribution is 6.31. The number of methoxy groups -OCH3 is 1. The predicted octanol–water partition coefficient (Wildman–Crippen LogP) is 3.18. The van der Waals surface area contributed by atoms with Gasteiger partial charge in [0.15, 0.2) is 12.4 Å². The van der Waals surface area contributed by atoms with E-state index in [4.69, 9.17) is 25.6 Å². The number of carbonyl (C=O) groups excluding carboxylic acids is 2. The molecule has 3 aromatic rings. The van der Waals surface area contributed by atoms with E-state index in [0.29, 0.717) is 11.4 Å². The number of aromatic nitrogens is 2. The fourth-order valence-electron chi connectivity index (χ4n) is 2.54. The Morgan fingerprint density at radius 3 is 2.77 bits per heavy atom. The molecule has 0 saturated heterocycles. The Balaban J connectivity index is 1.59. The summed E-state index contributed by atoms with van der Waals surface area (Å²) >= 11 is 5.79. The molecule has 1 aromatic heterocycles. The number of carbonyl (C=O) groups is 2. The SMILES string of the molecule is COc1ccccc1NC(=O)Cc1noc(COC(=O)c2cc(Cl)ccc2[N+](=O)[O-])n1. The van der Waals surface area contributed by atoms with Crippen molar-refractivity contribution >= 4 is 34.9 Å². The smallest absolute Gasteiger partial charge is 0.345 e. The monoisotopic (exact) mass is 446 g/mol. The van der Waals surface area contributed by atoms with Crippen molar-refractivity contribution in [2.24, 2.45) is 0 Å². The van der Waals surface area contributed by atoms with Gasteiger partial charge in [0.05, 0.1) is 24.1 Å². The van der Waals surface area contributed by atoms with Crippen molar-refractivity contribution in [2.45, 2.75) is 13.0 Å². The van der Waals surface area contributed by atoms with Crippen LogP contribution in [-0.2, 0) is 22.6 Å². The van der Waals surface area contributed by atoms with Crippen LogP contribution in [0.25, 0.3) is 0 Å². The van der Waals surface area contributed by atoms with E-state index >= 15 is 0 Å². The summed E-state index contributed by atoms with van der Waals surface area (Å²) in [6, 6.07) is 10.4. The van der Waals surface area contributed by atoms with E-state index < -0.39 is 29.1 Å². The number of hydrogen-bond donors (Lipinski definition) is 1. The lowest BCUT2D eigenvalue weighted by Crippen LogP contribution is -2.15. The number of halogens is 1. The van der Waals surface area contributed by atoms with E-state index in [9.17, 15) is 19.7 Å². The largest absolute Gasteiger partial charge is 0.495 e. The lowest BCUT2D eigenvalue weighted by Gasteiger charge is -2.08. The van der Waals surface area contributed by atoms with Gasteiger partial charge in [0.25, 0.3) is 11.6 Å². The van der Waals surface area contributed by atoms with Crippen LogP contribution >= 0.6 is 11.6 Å². The summed E-state index contributed by atoms with van der Waals surface area (Å²) in [5.41, 5.74) is -0.280. The molecule has 2 aromatic carbocycles. The van der Waals surface area contributed by atoms with Gasteiger partial charge in [-0.3, -0.25) is 14.9 Å². The first kappa shape index (κ1) is 21.7. The number of para-hydroxylation sites is 2. The molecule has 160 valence electrons. The molecule has 0 atom stereocenters. The summed E-state index contributed by atoms with van der Waals surface area (Å²) in [4.78, 5) is 38.7. The van der Waals surface area contributed by atoms with Gasteiger partial charge in [0.2, 0.25) is 5.91 Å². The summed E-state index contributed by atoms with van der Waals surface area (Å²) in [6.07, 6.45) is -0.199. The molecule has 1 amide bonds. The summed E-state index contributed by atoms with van der Waals surface area (Å²) < 4.78 is 15.1. The molecule has 0 aliphatic heterocycles. The molecule has 0 bridgehead atoms. The molecule has 0 aliphatic rings. The number of anilines is 1. The number of nitro groups is 1. The molecule has 12 heteroatoms. The van der Waals surface area contributed by atoms with Crippen LogP contribution in [0.2, 0.25) is 5.02 Å². The highest BCUT2D eigenvalue weighted by Crippen LogP contribution is 2.24. The van der Waals surface area contributed by atoms with Crippen molar-refractivity contribution in [3.63, 3.8) is 0 Å². The van der Waals surface area contributed by atoms with Crippen molar-refractivity contribution in [3.8, 4) is 5.75 Å². The summed E-state index contributed by atoms with van der Waals surface area (Å²) in [7, 11) is 1.48. The van der Waals surface area contributed by atoms with Gasteiger partial charge in [-0.1, -0.05) is 28.9 Å². The van der Waals surface area contributed by atoms with Crippen molar-refractivity contribution in [2.75, 3.05) is 12.4 Å². The van der Waals surface area contributed by atoms with Crippen LogP contribution in [0.3, 0.4) is 0 Å². The zero-order valence-corrected chi connectivity index (χ0v) is 16.8. The second-order valence-electron chi connectivity index (χ2n) is 6.02. The Morgan fingerprint density at radius 2 is 2.03 bits per heavy atom. The van der Waals surface area contributed by atoms with Crippen molar-refractivity contribution in [3.05, 3.63) is 74.9 Å². The summed E-state index contributed by atoms with van der Waals surface area (Å²) in [5.74, 6) is -0.928. The minimum atomic E-state index is -0.983. The maximum absolute atomic E-state index is 12.2.